The van der Waals surface area contributed by atoms with Gasteiger partial charge in [-0.1, -0.05) is 11.6 Å². The monoisotopic (exact) mass is 364 g/mol. The van der Waals surface area contributed by atoms with Crippen molar-refractivity contribution >= 4 is 23.3 Å². The first-order valence-corrected chi connectivity index (χ1v) is 8.64. The van der Waals surface area contributed by atoms with E-state index in [9.17, 15) is 4.79 Å². The maximum absolute atomic E-state index is 11.9. The Kier molecular flexibility index (Phi) is 6.14. The van der Waals surface area contributed by atoms with Crippen molar-refractivity contribution in [2.75, 3.05) is 25.1 Å². The highest BCUT2D eigenvalue weighted by Gasteiger charge is 2.15. The number of benzene rings is 1. The number of hydrogen-bond acceptors (Lipinski definition) is 4. The van der Waals surface area contributed by atoms with Crippen molar-refractivity contribution in [2.45, 2.75) is 25.5 Å². The van der Waals surface area contributed by atoms with Gasteiger partial charge in [-0.25, -0.2) is 4.79 Å². The second-order valence-electron chi connectivity index (χ2n) is 5.77. The smallest absolute Gasteiger partial charge is 0.319 e. The molecule has 2 aromatic rings. The molecule has 3 rings (SSSR count). The highest BCUT2D eigenvalue weighted by molar-refractivity contribution is 6.30. The predicted molar refractivity (Wildman–Crippen MR) is 95.2 cm³/mol. The van der Waals surface area contributed by atoms with E-state index in [1.165, 1.54) is 0 Å². The van der Waals surface area contributed by atoms with Crippen LogP contribution in [0.15, 0.2) is 36.7 Å². The molecular weight excluding hydrogens is 344 g/mol. The maximum atomic E-state index is 11.9. The Morgan fingerprint density at radius 3 is 2.92 bits per heavy atom. The van der Waals surface area contributed by atoms with Crippen LogP contribution in [0.2, 0.25) is 5.02 Å². The molecule has 2 amide bonds. The molecule has 134 valence electrons. The lowest BCUT2D eigenvalue weighted by atomic mass is 10.2. The molecule has 1 atom stereocenters. The molecule has 1 aliphatic rings. The number of halogens is 1. The van der Waals surface area contributed by atoms with Gasteiger partial charge in [-0.2, -0.15) is 5.10 Å². The van der Waals surface area contributed by atoms with Crippen molar-refractivity contribution in [1.29, 1.82) is 0 Å². The number of nitrogens with one attached hydrogen (secondary N) is 2. The van der Waals surface area contributed by atoms with E-state index >= 15 is 0 Å². The van der Waals surface area contributed by atoms with E-state index < -0.39 is 0 Å². The number of amides is 2. The van der Waals surface area contributed by atoms with Crippen LogP contribution in [0, 0.1) is 0 Å². The van der Waals surface area contributed by atoms with Crippen molar-refractivity contribution in [2.24, 2.45) is 0 Å². The van der Waals surface area contributed by atoms with E-state index in [1.807, 2.05) is 12.1 Å². The Hall–Kier alpha value is -2.25. The van der Waals surface area contributed by atoms with Crippen LogP contribution < -0.4 is 15.4 Å². The second-order valence-corrected chi connectivity index (χ2v) is 6.21. The lowest BCUT2D eigenvalue weighted by molar-refractivity contribution is 0.0679. The lowest BCUT2D eigenvalue weighted by Crippen LogP contribution is -2.31. The van der Waals surface area contributed by atoms with Crippen LogP contribution >= 0.6 is 11.6 Å². The van der Waals surface area contributed by atoms with E-state index in [4.69, 9.17) is 21.1 Å². The summed E-state index contributed by atoms with van der Waals surface area (Å²) >= 11 is 5.78. The van der Waals surface area contributed by atoms with Crippen LogP contribution in [0.1, 0.15) is 12.8 Å². The zero-order valence-corrected chi connectivity index (χ0v) is 14.5. The van der Waals surface area contributed by atoms with Gasteiger partial charge in [0.1, 0.15) is 12.4 Å². The van der Waals surface area contributed by atoms with Crippen molar-refractivity contribution in [3.05, 3.63) is 41.7 Å². The number of carbonyl (C=O) groups excluding carboxylic acids is 1. The summed E-state index contributed by atoms with van der Waals surface area (Å²) in [6, 6.07) is 6.99. The highest BCUT2D eigenvalue weighted by Crippen LogP contribution is 2.18. The van der Waals surface area contributed by atoms with Crippen LogP contribution in [-0.4, -0.2) is 41.7 Å². The zero-order chi connectivity index (χ0) is 17.5. The average molecular weight is 365 g/mol. The first-order chi connectivity index (χ1) is 12.2. The molecule has 0 saturated carbocycles. The number of anilines is 1. The summed E-state index contributed by atoms with van der Waals surface area (Å²) in [6.07, 6.45) is 5.60. The molecule has 0 spiro atoms. The van der Waals surface area contributed by atoms with Gasteiger partial charge in [0.05, 0.1) is 23.9 Å². The third-order valence-electron chi connectivity index (χ3n) is 3.80. The lowest BCUT2D eigenvalue weighted by Gasteiger charge is -2.12. The molecule has 0 aliphatic carbocycles. The maximum Gasteiger partial charge on any atom is 0.319 e. The van der Waals surface area contributed by atoms with Crippen LogP contribution in [0.3, 0.4) is 0 Å². The quantitative estimate of drug-likeness (QED) is 0.791. The SMILES string of the molecule is O=C(NCCn1cc(Cl)cn1)Nc1ccc(OC[C@@H]2CCCO2)cc1. The van der Waals surface area contributed by atoms with Gasteiger partial charge in [0.2, 0.25) is 0 Å². The average Bonchev–Trinajstić information content (AvgIpc) is 3.26. The molecule has 0 radical (unpaired) electrons. The topological polar surface area (TPSA) is 77.4 Å². The van der Waals surface area contributed by atoms with E-state index in [0.29, 0.717) is 30.4 Å². The van der Waals surface area contributed by atoms with Crippen molar-refractivity contribution in [1.82, 2.24) is 15.1 Å². The summed E-state index contributed by atoms with van der Waals surface area (Å²) in [4.78, 5) is 11.9. The molecule has 2 N–H and O–H groups in total. The molecule has 8 heteroatoms. The van der Waals surface area contributed by atoms with Crippen molar-refractivity contribution in [3.8, 4) is 5.75 Å². The summed E-state index contributed by atoms with van der Waals surface area (Å²) in [5.74, 6) is 0.761. The van der Waals surface area contributed by atoms with Gasteiger partial charge in [-0.05, 0) is 37.1 Å². The van der Waals surface area contributed by atoms with E-state index in [0.717, 1.165) is 25.2 Å². The molecule has 1 saturated heterocycles. The van der Waals surface area contributed by atoms with E-state index in [2.05, 4.69) is 15.7 Å². The minimum Gasteiger partial charge on any atom is -0.491 e. The van der Waals surface area contributed by atoms with Crippen molar-refractivity contribution in [3.63, 3.8) is 0 Å². The molecular formula is C17H21ClN4O3. The second kappa shape index (κ2) is 8.73. The fraction of sp³-hybridized carbons (Fsp3) is 0.412. The number of carbonyl (C=O) groups is 1. The standard InChI is InChI=1S/C17H21ClN4O3/c18-13-10-20-22(11-13)8-7-19-17(23)21-14-3-5-15(6-4-14)25-12-16-2-1-9-24-16/h3-6,10-11,16H,1-2,7-9,12H2,(H2,19,21,23)/t16-/m0/s1. The van der Waals surface area contributed by atoms with Crippen LogP contribution in [-0.2, 0) is 11.3 Å². The Morgan fingerprint density at radius 1 is 1.40 bits per heavy atom. The number of hydrogen-bond donors (Lipinski definition) is 2. The first-order valence-electron chi connectivity index (χ1n) is 8.26. The molecule has 0 unspecified atom stereocenters. The summed E-state index contributed by atoms with van der Waals surface area (Å²) in [5, 5.41) is 10.2. The van der Waals surface area contributed by atoms with E-state index in [-0.39, 0.29) is 12.1 Å². The van der Waals surface area contributed by atoms with Crippen molar-refractivity contribution < 1.29 is 14.3 Å². The van der Waals surface area contributed by atoms with Crippen LogP contribution in [0.5, 0.6) is 5.75 Å². The number of ether oxygens (including phenoxy) is 2. The third kappa shape index (κ3) is 5.65. The molecule has 2 heterocycles. The van der Waals surface area contributed by atoms with Gasteiger partial charge < -0.3 is 20.1 Å². The Balaban J connectivity index is 1.37. The number of nitrogens with zero attached hydrogens (tertiary/aromatic N) is 2. The van der Waals surface area contributed by atoms with Gasteiger partial charge >= 0.3 is 6.03 Å². The summed E-state index contributed by atoms with van der Waals surface area (Å²) < 4.78 is 12.9. The normalized spacial score (nSPS) is 16.6. The first kappa shape index (κ1) is 17.6. The minimum absolute atomic E-state index is 0.188. The van der Waals surface area contributed by atoms with Gasteiger partial charge in [-0.3, -0.25) is 4.68 Å². The molecule has 1 aliphatic heterocycles. The Bertz CT molecular complexity index is 683. The molecule has 7 nitrogen and oxygen atoms in total. The van der Waals surface area contributed by atoms with Gasteiger partial charge in [0.25, 0.3) is 0 Å². The number of urea groups is 1. The van der Waals surface area contributed by atoms with Crippen LogP contribution in [0.25, 0.3) is 0 Å². The van der Waals surface area contributed by atoms with E-state index in [1.54, 1.807) is 29.2 Å². The third-order valence-corrected chi connectivity index (χ3v) is 4.00. The zero-order valence-electron chi connectivity index (χ0n) is 13.8. The predicted octanol–water partition coefficient (Wildman–Crippen LogP) is 2.92. The summed E-state index contributed by atoms with van der Waals surface area (Å²) in [7, 11) is 0. The van der Waals surface area contributed by atoms with Crippen LogP contribution in [0.4, 0.5) is 10.5 Å². The fourth-order valence-corrected chi connectivity index (χ4v) is 2.68. The molecule has 1 aromatic carbocycles. The summed E-state index contributed by atoms with van der Waals surface area (Å²) in [5.41, 5.74) is 0.698. The largest absolute Gasteiger partial charge is 0.491 e. The fourth-order valence-electron chi connectivity index (χ4n) is 2.52. The minimum atomic E-state index is -0.272. The molecule has 1 aromatic heterocycles. The molecule has 0 bridgehead atoms. The number of aromatic nitrogens is 2. The Morgan fingerprint density at radius 2 is 2.24 bits per heavy atom. The Labute approximate surface area is 151 Å². The molecule has 1 fully saturated rings. The summed E-state index contributed by atoms with van der Waals surface area (Å²) in [6.45, 7) is 2.38. The highest BCUT2D eigenvalue weighted by atomic mass is 35.5. The van der Waals surface area contributed by atoms with Gasteiger partial charge in [0.15, 0.2) is 0 Å². The number of rotatable bonds is 7. The van der Waals surface area contributed by atoms with Gasteiger partial charge in [-0.15, -0.1) is 0 Å². The molecule has 25 heavy (non-hydrogen) atoms. The van der Waals surface area contributed by atoms with Gasteiger partial charge in [0, 0.05) is 25.0 Å².